The van der Waals surface area contributed by atoms with Gasteiger partial charge in [-0.05, 0) is 48.7 Å². The van der Waals surface area contributed by atoms with Gasteiger partial charge in [0, 0.05) is 44.4 Å². The highest BCUT2D eigenvalue weighted by atomic mass is 32.2. The first-order chi connectivity index (χ1) is 16.2. The van der Waals surface area contributed by atoms with E-state index < -0.39 is 10.0 Å². The molecule has 0 aliphatic carbocycles. The third-order valence-corrected chi connectivity index (χ3v) is 8.26. The number of rotatable bonds is 5. The van der Waals surface area contributed by atoms with Crippen LogP contribution in [0.3, 0.4) is 0 Å². The highest BCUT2D eigenvalue weighted by Crippen LogP contribution is 2.33. The van der Waals surface area contributed by atoms with Crippen LogP contribution in [0.5, 0.6) is 11.5 Å². The lowest BCUT2D eigenvalue weighted by molar-refractivity contribution is 0.0943. The van der Waals surface area contributed by atoms with E-state index in [0.717, 1.165) is 16.8 Å². The van der Waals surface area contributed by atoms with Crippen molar-refractivity contribution in [1.29, 1.82) is 0 Å². The van der Waals surface area contributed by atoms with Gasteiger partial charge in [-0.25, -0.2) is 8.42 Å². The Kier molecular flexibility index (Phi) is 5.57. The van der Waals surface area contributed by atoms with Gasteiger partial charge < -0.3 is 14.8 Å². The fourth-order valence-electron chi connectivity index (χ4n) is 4.40. The standard InChI is InChI=1S/C24H26N4O5S/c1-15-4-5-16(2)22(10-15)34(30,31)28-9-8-19-18(13-28)23(26-27(19)3)24(29)25-12-17-6-7-20-21(11-17)33-14-32-20/h4-7,10-11H,8-9,12-14H2,1-3H3,(H,25,29). The monoisotopic (exact) mass is 482 g/mol. The lowest BCUT2D eigenvalue weighted by Gasteiger charge is -2.27. The molecule has 1 N–H and O–H groups in total. The van der Waals surface area contributed by atoms with Crippen LogP contribution < -0.4 is 14.8 Å². The van der Waals surface area contributed by atoms with Crippen molar-refractivity contribution in [3.8, 4) is 11.5 Å². The smallest absolute Gasteiger partial charge is 0.272 e. The quantitative estimate of drug-likeness (QED) is 0.599. The van der Waals surface area contributed by atoms with Crippen molar-refractivity contribution in [1.82, 2.24) is 19.4 Å². The zero-order valence-corrected chi connectivity index (χ0v) is 20.1. The molecule has 178 valence electrons. The number of nitrogens with zero attached hydrogens (tertiary/aromatic N) is 3. The first-order valence-corrected chi connectivity index (χ1v) is 12.5. The van der Waals surface area contributed by atoms with Gasteiger partial charge in [-0.3, -0.25) is 9.48 Å². The molecule has 0 atom stereocenters. The van der Waals surface area contributed by atoms with Gasteiger partial charge in [0.2, 0.25) is 16.8 Å². The normalized spacial score (nSPS) is 15.3. The molecule has 10 heteroatoms. The second-order valence-corrected chi connectivity index (χ2v) is 10.5. The average molecular weight is 483 g/mol. The Morgan fingerprint density at radius 1 is 1.12 bits per heavy atom. The number of aryl methyl sites for hydroxylation is 3. The molecule has 2 aliphatic rings. The van der Waals surface area contributed by atoms with Crippen molar-refractivity contribution in [3.63, 3.8) is 0 Å². The van der Waals surface area contributed by atoms with Crippen molar-refractivity contribution in [2.24, 2.45) is 7.05 Å². The van der Waals surface area contributed by atoms with Crippen LogP contribution in [0.2, 0.25) is 0 Å². The van der Waals surface area contributed by atoms with Crippen LogP contribution in [-0.4, -0.2) is 41.7 Å². The minimum Gasteiger partial charge on any atom is -0.454 e. The first-order valence-electron chi connectivity index (χ1n) is 11.0. The molecule has 0 radical (unpaired) electrons. The summed E-state index contributed by atoms with van der Waals surface area (Å²) >= 11 is 0. The molecule has 0 spiro atoms. The highest BCUT2D eigenvalue weighted by molar-refractivity contribution is 7.89. The molecule has 2 aliphatic heterocycles. The van der Waals surface area contributed by atoms with Crippen molar-refractivity contribution in [2.45, 2.75) is 38.3 Å². The Hall–Kier alpha value is -3.37. The largest absolute Gasteiger partial charge is 0.454 e. The molecule has 3 aromatic rings. The number of aromatic nitrogens is 2. The van der Waals surface area contributed by atoms with E-state index in [0.29, 0.717) is 40.5 Å². The molecule has 0 bridgehead atoms. The van der Waals surface area contributed by atoms with Gasteiger partial charge >= 0.3 is 0 Å². The van der Waals surface area contributed by atoms with E-state index in [-0.39, 0.29) is 31.5 Å². The number of hydrogen-bond donors (Lipinski definition) is 1. The van der Waals surface area contributed by atoms with Gasteiger partial charge in [0.15, 0.2) is 17.2 Å². The van der Waals surface area contributed by atoms with Crippen molar-refractivity contribution in [3.05, 3.63) is 70.0 Å². The van der Waals surface area contributed by atoms with Gasteiger partial charge in [0.25, 0.3) is 5.91 Å². The minimum absolute atomic E-state index is 0.103. The predicted octanol–water partition coefficient (Wildman–Crippen LogP) is 2.44. The fraction of sp³-hybridized carbons (Fsp3) is 0.333. The summed E-state index contributed by atoms with van der Waals surface area (Å²) < 4.78 is 40.7. The van der Waals surface area contributed by atoms with E-state index >= 15 is 0 Å². The summed E-state index contributed by atoms with van der Waals surface area (Å²) in [5.74, 6) is 0.980. The number of carbonyl (C=O) groups is 1. The summed E-state index contributed by atoms with van der Waals surface area (Å²) in [6, 6.07) is 10.9. The van der Waals surface area contributed by atoms with E-state index in [2.05, 4.69) is 10.4 Å². The van der Waals surface area contributed by atoms with Gasteiger partial charge in [-0.1, -0.05) is 18.2 Å². The van der Waals surface area contributed by atoms with E-state index in [1.165, 1.54) is 4.31 Å². The van der Waals surface area contributed by atoms with E-state index in [1.807, 2.05) is 37.3 Å². The molecular weight excluding hydrogens is 456 g/mol. The summed E-state index contributed by atoms with van der Waals surface area (Å²) in [5.41, 5.74) is 4.21. The summed E-state index contributed by atoms with van der Waals surface area (Å²) in [4.78, 5) is 13.4. The number of ether oxygens (including phenoxy) is 2. The second kappa shape index (κ2) is 8.44. The molecule has 0 unspecified atom stereocenters. The Bertz CT molecular complexity index is 1400. The van der Waals surface area contributed by atoms with Crippen LogP contribution in [0.4, 0.5) is 0 Å². The number of sulfonamides is 1. The van der Waals surface area contributed by atoms with E-state index in [4.69, 9.17) is 9.47 Å². The molecular formula is C24H26N4O5S. The van der Waals surface area contributed by atoms with Gasteiger partial charge in [-0.2, -0.15) is 9.40 Å². The van der Waals surface area contributed by atoms with Crippen LogP contribution in [0.1, 0.15) is 38.4 Å². The van der Waals surface area contributed by atoms with Gasteiger partial charge in [0.05, 0.1) is 4.90 Å². The zero-order valence-electron chi connectivity index (χ0n) is 19.3. The lowest BCUT2D eigenvalue weighted by atomic mass is 10.1. The molecule has 0 saturated carbocycles. The van der Waals surface area contributed by atoms with Crippen LogP contribution in [0.15, 0.2) is 41.3 Å². The molecule has 2 aromatic carbocycles. The Morgan fingerprint density at radius 2 is 1.91 bits per heavy atom. The van der Waals surface area contributed by atoms with Crippen LogP contribution in [-0.2, 0) is 36.6 Å². The molecule has 0 saturated heterocycles. The third-order valence-electron chi connectivity index (χ3n) is 6.27. The summed E-state index contributed by atoms with van der Waals surface area (Å²) in [7, 11) is -1.93. The van der Waals surface area contributed by atoms with Crippen molar-refractivity contribution < 1.29 is 22.7 Å². The maximum atomic E-state index is 13.4. The second-order valence-electron chi connectivity index (χ2n) is 8.63. The summed E-state index contributed by atoms with van der Waals surface area (Å²) in [6.45, 7) is 4.57. The van der Waals surface area contributed by atoms with E-state index in [1.54, 1.807) is 24.7 Å². The number of carbonyl (C=O) groups excluding carboxylic acids is 1. The Balaban J connectivity index is 1.37. The van der Waals surface area contributed by atoms with Crippen LogP contribution in [0.25, 0.3) is 0 Å². The van der Waals surface area contributed by atoms with Gasteiger partial charge in [0.1, 0.15) is 0 Å². The number of amides is 1. The molecule has 34 heavy (non-hydrogen) atoms. The summed E-state index contributed by atoms with van der Waals surface area (Å²) in [5, 5.41) is 7.31. The lowest BCUT2D eigenvalue weighted by Crippen LogP contribution is -2.37. The molecule has 5 rings (SSSR count). The number of fused-ring (bicyclic) bond motifs is 2. The number of nitrogens with one attached hydrogen (secondary N) is 1. The molecule has 9 nitrogen and oxygen atoms in total. The van der Waals surface area contributed by atoms with Gasteiger partial charge in [-0.15, -0.1) is 0 Å². The minimum atomic E-state index is -3.71. The maximum Gasteiger partial charge on any atom is 0.272 e. The molecule has 1 aromatic heterocycles. The average Bonchev–Trinajstić information content (AvgIpc) is 3.42. The third kappa shape index (κ3) is 3.92. The molecule has 0 fully saturated rings. The van der Waals surface area contributed by atoms with Crippen LogP contribution in [0, 0.1) is 13.8 Å². The first kappa shape index (κ1) is 22.4. The van der Waals surface area contributed by atoms with Crippen molar-refractivity contribution >= 4 is 15.9 Å². The maximum absolute atomic E-state index is 13.4. The molecule has 3 heterocycles. The summed E-state index contributed by atoms with van der Waals surface area (Å²) in [6.07, 6.45) is 0.484. The van der Waals surface area contributed by atoms with Crippen LogP contribution >= 0.6 is 0 Å². The fourth-order valence-corrected chi connectivity index (χ4v) is 6.12. The predicted molar refractivity (Wildman–Crippen MR) is 124 cm³/mol. The number of hydrogen-bond acceptors (Lipinski definition) is 6. The molecule has 1 amide bonds. The number of benzene rings is 2. The van der Waals surface area contributed by atoms with E-state index in [9.17, 15) is 13.2 Å². The highest BCUT2D eigenvalue weighted by Gasteiger charge is 2.34. The zero-order chi connectivity index (χ0) is 24.0. The van der Waals surface area contributed by atoms with Crippen molar-refractivity contribution in [2.75, 3.05) is 13.3 Å². The Morgan fingerprint density at radius 3 is 2.74 bits per heavy atom. The SMILES string of the molecule is Cc1ccc(C)c(S(=O)(=O)N2CCc3c(c(C(=O)NCc4ccc5c(c4)OCO5)nn3C)C2)c1. The Labute approximate surface area is 198 Å². The topological polar surface area (TPSA) is 103 Å².